The third kappa shape index (κ3) is 2.54. The van der Waals surface area contributed by atoms with Crippen LogP contribution < -0.4 is 4.90 Å². The number of hydrogen-bond acceptors (Lipinski definition) is 5. The molecule has 120 valence electrons. The molecule has 2 aromatic rings. The van der Waals surface area contributed by atoms with Crippen LogP contribution in [-0.2, 0) is 0 Å². The molecule has 1 aromatic heterocycles. The zero-order chi connectivity index (χ0) is 16.5. The molecule has 0 amide bonds. The number of carbonyl (C=O) groups excluding carboxylic acids is 1. The molecule has 2 bridgehead atoms. The van der Waals surface area contributed by atoms with Gasteiger partial charge in [-0.1, -0.05) is 18.2 Å². The van der Waals surface area contributed by atoms with Gasteiger partial charge in [-0.15, -0.1) is 0 Å². The van der Waals surface area contributed by atoms with Crippen molar-refractivity contribution < 1.29 is 9.90 Å². The van der Waals surface area contributed by atoms with E-state index in [0.29, 0.717) is 5.56 Å². The number of nitrogens with zero attached hydrogens (tertiary/aromatic N) is 3. The summed E-state index contributed by atoms with van der Waals surface area (Å²) >= 11 is 0. The van der Waals surface area contributed by atoms with Gasteiger partial charge in [0.1, 0.15) is 11.6 Å². The molecule has 2 aliphatic rings. The van der Waals surface area contributed by atoms with Crippen molar-refractivity contribution in [3.8, 4) is 5.75 Å². The number of fused-ring (bicyclic) bond motifs is 1. The van der Waals surface area contributed by atoms with E-state index in [2.05, 4.69) is 20.9 Å². The number of aromatic nitrogens is 1. The average molecular weight is 319 g/mol. The number of phenolic OH excluding ortho intramolecular Hbond substituents is 1. The molecule has 2 aliphatic heterocycles. The molecule has 0 fully saturated rings. The maximum absolute atomic E-state index is 12.2. The van der Waals surface area contributed by atoms with Crippen LogP contribution >= 0.6 is 0 Å². The lowest BCUT2D eigenvalue weighted by Crippen LogP contribution is -2.42. The van der Waals surface area contributed by atoms with Crippen molar-refractivity contribution in [3.05, 3.63) is 78.3 Å². The van der Waals surface area contributed by atoms with Crippen LogP contribution in [-0.4, -0.2) is 39.9 Å². The van der Waals surface area contributed by atoms with E-state index in [-0.39, 0.29) is 17.6 Å². The fourth-order valence-electron chi connectivity index (χ4n) is 3.17. The highest BCUT2D eigenvalue weighted by Gasteiger charge is 2.35. The Morgan fingerprint density at radius 2 is 2.04 bits per heavy atom. The zero-order valence-corrected chi connectivity index (χ0v) is 13.0. The molecule has 0 saturated heterocycles. The average Bonchev–Trinajstić information content (AvgIpc) is 3.21. The Hall–Kier alpha value is -3.08. The molecule has 1 aromatic carbocycles. The Kier molecular flexibility index (Phi) is 3.54. The highest BCUT2D eigenvalue weighted by Crippen LogP contribution is 2.31. The monoisotopic (exact) mass is 319 g/mol. The van der Waals surface area contributed by atoms with Gasteiger partial charge in [-0.2, -0.15) is 0 Å². The minimum atomic E-state index is -0.196. The largest absolute Gasteiger partial charge is 0.507 e. The molecule has 1 atom stereocenters. The van der Waals surface area contributed by atoms with Crippen LogP contribution in [0.15, 0.2) is 72.7 Å². The summed E-state index contributed by atoms with van der Waals surface area (Å²) in [5.41, 5.74) is 1.49. The number of rotatable bonds is 4. The molecule has 0 saturated carbocycles. The Morgan fingerprint density at radius 1 is 1.21 bits per heavy atom. The first-order valence-corrected chi connectivity index (χ1v) is 7.88. The van der Waals surface area contributed by atoms with Gasteiger partial charge >= 0.3 is 0 Å². The van der Waals surface area contributed by atoms with Crippen LogP contribution in [0.1, 0.15) is 10.4 Å². The number of pyridine rings is 1. The maximum atomic E-state index is 12.2. The van der Waals surface area contributed by atoms with Gasteiger partial charge in [0, 0.05) is 30.7 Å². The number of aromatic hydroxyl groups is 1. The van der Waals surface area contributed by atoms with Crippen LogP contribution in [0.2, 0.25) is 0 Å². The molecule has 4 rings (SSSR count). The summed E-state index contributed by atoms with van der Waals surface area (Å²) < 4.78 is 0. The molecule has 0 aliphatic carbocycles. The minimum Gasteiger partial charge on any atom is -0.507 e. The predicted octanol–water partition coefficient (Wildman–Crippen LogP) is 2.57. The van der Waals surface area contributed by atoms with Gasteiger partial charge in [0.2, 0.25) is 0 Å². The van der Waals surface area contributed by atoms with Gasteiger partial charge in [0.25, 0.3) is 0 Å². The van der Waals surface area contributed by atoms with E-state index in [9.17, 15) is 9.90 Å². The smallest absolute Gasteiger partial charge is 0.191 e. The van der Waals surface area contributed by atoms with E-state index >= 15 is 0 Å². The first-order valence-electron chi connectivity index (χ1n) is 7.88. The van der Waals surface area contributed by atoms with Gasteiger partial charge in [-0.25, -0.2) is 4.98 Å². The first-order chi connectivity index (χ1) is 11.7. The molecule has 24 heavy (non-hydrogen) atoms. The zero-order valence-electron chi connectivity index (χ0n) is 13.0. The van der Waals surface area contributed by atoms with Gasteiger partial charge in [-0.3, -0.25) is 4.79 Å². The third-order valence-corrected chi connectivity index (χ3v) is 4.39. The van der Waals surface area contributed by atoms with Crippen molar-refractivity contribution in [2.75, 3.05) is 18.0 Å². The summed E-state index contributed by atoms with van der Waals surface area (Å²) in [5.74, 6) is 0.788. The van der Waals surface area contributed by atoms with Crippen LogP contribution in [0.5, 0.6) is 5.75 Å². The molecule has 5 nitrogen and oxygen atoms in total. The topological polar surface area (TPSA) is 56.7 Å². The fourth-order valence-corrected chi connectivity index (χ4v) is 3.17. The second-order valence-electron chi connectivity index (χ2n) is 5.89. The van der Waals surface area contributed by atoms with E-state index in [0.717, 1.165) is 18.9 Å². The lowest BCUT2D eigenvalue weighted by molar-refractivity contribution is 0.104. The number of phenols is 1. The summed E-state index contributed by atoms with van der Waals surface area (Å²) in [7, 11) is 0. The second-order valence-corrected chi connectivity index (χ2v) is 5.89. The Bertz CT molecular complexity index is 830. The van der Waals surface area contributed by atoms with E-state index < -0.39 is 0 Å². The van der Waals surface area contributed by atoms with Crippen molar-refractivity contribution in [3.63, 3.8) is 0 Å². The van der Waals surface area contributed by atoms with Gasteiger partial charge in [0.15, 0.2) is 5.78 Å². The predicted molar refractivity (Wildman–Crippen MR) is 91.7 cm³/mol. The molecule has 5 heteroatoms. The SMILES string of the molecule is O=C(/C=C/N1C[C@H]2C=C1CN2c1ccccn1)c1ccccc1O. The van der Waals surface area contributed by atoms with Crippen molar-refractivity contribution in [1.29, 1.82) is 0 Å². The molecule has 0 spiro atoms. The van der Waals surface area contributed by atoms with Crippen LogP contribution in [0, 0.1) is 0 Å². The number of allylic oxidation sites excluding steroid dienone is 1. The first kappa shape index (κ1) is 14.5. The number of anilines is 1. The Morgan fingerprint density at radius 3 is 2.75 bits per heavy atom. The molecule has 0 unspecified atom stereocenters. The molecule has 1 N–H and O–H groups in total. The molecule has 0 radical (unpaired) electrons. The third-order valence-electron chi connectivity index (χ3n) is 4.39. The number of carbonyl (C=O) groups is 1. The molecule has 3 heterocycles. The lowest BCUT2D eigenvalue weighted by atomic mass is 10.1. The molecular formula is C19H17N3O2. The van der Waals surface area contributed by atoms with E-state index in [1.807, 2.05) is 18.2 Å². The normalized spacial score (nSPS) is 19.2. The summed E-state index contributed by atoms with van der Waals surface area (Å²) in [4.78, 5) is 20.9. The number of para-hydroxylation sites is 1. The van der Waals surface area contributed by atoms with Crippen molar-refractivity contribution in [2.24, 2.45) is 0 Å². The van der Waals surface area contributed by atoms with Crippen LogP contribution in [0.4, 0.5) is 5.82 Å². The Balaban J connectivity index is 1.43. The van der Waals surface area contributed by atoms with Crippen molar-refractivity contribution >= 4 is 11.6 Å². The van der Waals surface area contributed by atoms with E-state index in [4.69, 9.17) is 0 Å². The number of hydrogen-bond donors (Lipinski definition) is 1. The van der Waals surface area contributed by atoms with Gasteiger partial charge in [0.05, 0.1) is 18.2 Å². The highest BCUT2D eigenvalue weighted by molar-refractivity contribution is 6.06. The summed E-state index contributed by atoms with van der Waals surface area (Å²) in [5, 5.41) is 9.75. The van der Waals surface area contributed by atoms with Crippen LogP contribution in [0.25, 0.3) is 0 Å². The van der Waals surface area contributed by atoms with Crippen molar-refractivity contribution in [1.82, 2.24) is 9.88 Å². The van der Waals surface area contributed by atoms with Crippen LogP contribution in [0.3, 0.4) is 0 Å². The van der Waals surface area contributed by atoms with Gasteiger partial charge in [-0.05, 0) is 30.3 Å². The van der Waals surface area contributed by atoms with E-state index in [1.54, 1.807) is 30.6 Å². The van der Waals surface area contributed by atoms with E-state index in [1.165, 1.54) is 17.8 Å². The minimum absolute atomic E-state index is 0.00985. The molecular weight excluding hydrogens is 302 g/mol. The lowest BCUT2D eigenvalue weighted by Gasteiger charge is -2.34. The number of ketones is 1. The Labute approximate surface area is 140 Å². The fraction of sp³-hybridized carbons (Fsp3) is 0.158. The number of piperazine rings is 1. The summed E-state index contributed by atoms with van der Waals surface area (Å²) in [6.45, 7) is 1.59. The summed E-state index contributed by atoms with van der Waals surface area (Å²) in [6, 6.07) is 12.8. The number of benzene rings is 1. The maximum Gasteiger partial charge on any atom is 0.191 e. The van der Waals surface area contributed by atoms with Gasteiger partial charge < -0.3 is 14.9 Å². The second kappa shape index (κ2) is 5.85. The summed E-state index contributed by atoms with van der Waals surface area (Å²) in [6.07, 6.45) is 7.33. The van der Waals surface area contributed by atoms with Crippen molar-refractivity contribution in [2.45, 2.75) is 6.04 Å². The quantitative estimate of drug-likeness (QED) is 0.693. The standard InChI is InChI=1S/C19H17N3O2/c23-17-6-2-1-5-16(17)18(24)8-10-21-12-15-11-14(21)13-22(15)19-7-3-4-9-20-19/h1-11,15,23H,12-13H2/b10-8+/t15-/m1/s1. The highest BCUT2D eigenvalue weighted by atomic mass is 16.3.